The van der Waals surface area contributed by atoms with E-state index in [1.807, 2.05) is 0 Å². The minimum atomic E-state index is 0.0850. The molecular weight excluding hydrogens is 232 g/mol. The van der Waals surface area contributed by atoms with Crippen LogP contribution in [0.4, 0.5) is 0 Å². The summed E-state index contributed by atoms with van der Waals surface area (Å²) < 4.78 is 5.73. The molecule has 0 N–H and O–H groups in total. The Labute approximate surface area is 109 Å². The molecule has 1 heterocycles. The molecule has 0 spiro atoms. The first-order valence-electron chi connectivity index (χ1n) is 6.46. The van der Waals surface area contributed by atoms with E-state index in [1.54, 1.807) is 0 Å². The zero-order valence-corrected chi connectivity index (χ0v) is 11.6. The first-order chi connectivity index (χ1) is 8.13. The van der Waals surface area contributed by atoms with E-state index in [0.29, 0.717) is 12.0 Å². The lowest BCUT2D eigenvalue weighted by Gasteiger charge is -2.23. The highest BCUT2D eigenvalue weighted by Crippen LogP contribution is 2.39. The standard InChI is InChI=1S/C15H21ClO/c1-4-14-13(7-8-17-14)15(16)12-6-5-10(2)11(3)9-12/h5-6,9,13-15H,4,7-8H2,1-3H3. The van der Waals surface area contributed by atoms with Gasteiger partial charge in [-0.05, 0) is 43.4 Å². The van der Waals surface area contributed by atoms with Gasteiger partial charge in [0, 0.05) is 12.5 Å². The highest BCUT2D eigenvalue weighted by Gasteiger charge is 2.33. The van der Waals surface area contributed by atoms with Gasteiger partial charge in [-0.3, -0.25) is 0 Å². The Hall–Kier alpha value is -0.530. The molecule has 0 amide bonds. The highest BCUT2D eigenvalue weighted by molar-refractivity contribution is 6.21. The number of ether oxygens (including phenoxy) is 1. The lowest BCUT2D eigenvalue weighted by molar-refractivity contribution is 0.0864. The Morgan fingerprint density at radius 3 is 2.76 bits per heavy atom. The van der Waals surface area contributed by atoms with E-state index in [0.717, 1.165) is 19.4 Å². The molecular formula is C15H21ClO. The summed E-state index contributed by atoms with van der Waals surface area (Å²) in [5.41, 5.74) is 3.89. The van der Waals surface area contributed by atoms with Gasteiger partial charge in [-0.2, -0.15) is 0 Å². The van der Waals surface area contributed by atoms with Crippen molar-refractivity contribution in [1.29, 1.82) is 0 Å². The van der Waals surface area contributed by atoms with Gasteiger partial charge in [0.1, 0.15) is 0 Å². The molecule has 0 aliphatic carbocycles. The Bertz CT molecular complexity index is 389. The molecule has 1 aromatic rings. The Morgan fingerprint density at radius 1 is 1.35 bits per heavy atom. The van der Waals surface area contributed by atoms with Crippen LogP contribution in [0.5, 0.6) is 0 Å². The van der Waals surface area contributed by atoms with E-state index in [4.69, 9.17) is 16.3 Å². The van der Waals surface area contributed by atoms with E-state index in [-0.39, 0.29) is 5.38 Å². The molecule has 1 fully saturated rings. The smallest absolute Gasteiger partial charge is 0.0639 e. The number of halogens is 1. The number of hydrogen-bond donors (Lipinski definition) is 0. The van der Waals surface area contributed by atoms with Gasteiger partial charge in [0.25, 0.3) is 0 Å². The summed E-state index contributed by atoms with van der Waals surface area (Å²) in [6.45, 7) is 7.31. The molecule has 1 aliphatic rings. The fourth-order valence-corrected chi connectivity index (χ4v) is 3.03. The summed E-state index contributed by atoms with van der Waals surface area (Å²) in [6, 6.07) is 6.54. The number of hydrogen-bond acceptors (Lipinski definition) is 1. The van der Waals surface area contributed by atoms with Gasteiger partial charge in [-0.1, -0.05) is 25.1 Å². The number of benzene rings is 1. The first kappa shape index (κ1) is 12.9. The minimum Gasteiger partial charge on any atom is -0.378 e. The molecule has 0 aromatic heterocycles. The van der Waals surface area contributed by atoms with Crippen LogP contribution in [0.3, 0.4) is 0 Å². The van der Waals surface area contributed by atoms with Crippen LogP contribution in [0.25, 0.3) is 0 Å². The van der Waals surface area contributed by atoms with Crippen LogP contribution in [0.2, 0.25) is 0 Å². The SMILES string of the molecule is CCC1OCCC1C(Cl)c1ccc(C)c(C)c1. The monoisotopic (exact) mass is 252 g/mol. The average molecular weight is 253 g/mol. The minimum absolute atomic E-state index is 0.0850. The van der Waals surface area contributed by atoms with E-state index < -0.39 is 0 Å². The first-order valence-corrected chi connectivity index (χ1v) is 6.90. The topological polar surface area (TPSA) is 9.23 Å². The molecule has 1 aliphatic heterocycles. The number of aryl methyl sites for hydroxylation is 2. The van der Waals surface area contributed by atoms with Crippen LogP contribution >= 0.6 is 11.6 Å². The number of rotatable bonds is 3. The third-order valence-corrected chi connectivity index (χ3v) is 4.46. The molecule has 0 bridgehead atoms. The number of alkyl halides is 1. The molecule has 3 unspecified atom stereocenters. The molecule has 0 saturated carbocycles. The Balaban J connectivity index is 2.18. The van der Waals surface area contributed by atoms with Crippen molar-refractivity contribution in [3.63, 3.8) is 0 Å². The maximum atomic E-state index is 6.63. The van der Waals surface area contributed by atoms with Crippen molar-refractivity contribution >= 4 is 11.6 Å². The molecule has 1 saturated heterocycles. The van der Waals surface area contributed by atoms with Crippen molar-refractivity contribution in [3.8, 4) is 0 Å². The van der Waals surface area contributed by atoms with E-state index in [1.165, 1.54) is 16.7 Å². The fourth-order valence-electron chi connectivity index (χ4n) is 2.60. The van der Waals surface area contributed by atoms with E-state index in [9.17, 15) is 0 Å². The van der Waals surface area contributed by atoms with Crippen molar-refractivity contribution in [1.82, 2.24) is 0 Å². The summed E-state index contributed by atoms with van der Waals surface area (Å²) in [6.07, 6.45) is 2.47. The Kier molecular flexibility index (Phi) is 4.11. The maximum Gasteiger partial charge on any atom is 0.0639 e. The largest absolute Gasteiger partial charge is 0.378 e. The molecule has 94 valence electrons. The highest BCUT2D eigenvalue weighted by atomic mass is 35.5. The predicted molar refractivity (Wildman–Crippen MR) is 72.6 cm³/mol. The van der Waals surface area contributed by atoms with Crippen LogP contribution < -0.4 is 0 Å². The average Bonchev–Trinajstić information content (AvgIpc) is 2.80. The predicted octanol–water partition coefficient (Wildman–Crippen LogP) is 4.40. The van der Waals surface area contributed by atoms with Crippen molar-refractivity contribution in [2.45, 2.75) is 45.1 Å². The molecule has 2 heteroatoms. The second-order valence-electron chi connectivity index (χ2n) is 5.02. The third-order valence-electron chi connectivity index (χ3n) is 3.89. The molecule has 0 radical (unpaired) electrons. The van der Waals surface area contributed by atoms with E-state index in [2.05, 4.69) is 39.0 Å². The van der Waals surface area contributed by atoms with Crippen molar-refractivity contribution in [3.05, 3.63) is 34.9 Å². The maximum absolute atomic E-state index is 6.63. The van der Waals surface area contributed by atoms with Gasteiger partial charge in [-0.15, -0.1) is 11.6 Å². The van der Waals surface area contributed by atoms with Crippen LogP contribution in [0, 0.1) is 19.8 Å². The van der Waals surface area contributed by atoms with Crippen molar-refractivity contribution in [2.75, 3.05) is 6.61 Å². The quantitative estimate of drug-likeness (QED) is 0.725. The van der Waals surface area contributed by atoms with E-state index >= 15 is 0 Å². The lowest BCUT2D eigenvalue weighted by Crippen LogP contribution is -2.19. The molecule has 2 rings (SSSR count). The van der Waals surface area contributed by atoms with Crippen LogP contribution in [-0.4, -0.2) is 12.7 Å². The van der Waals surface area contributed by atoms with Crippen molar-refractivity contribution in [2.24, 2.45) is 5.92 Å². The van der Waals surface area contributed by atoms with Crippen LogP contribution in [0.1, 0.15) is 41.8 Å². The summed E-state index contributed by atoms with van der Waals surface area (Å²) in [4.78, 5) is 0. The Morgan fingerprint density at radius 2 is 2.12 bits per heavy atom. The van der Waals surface area contributed by atoms with Gasteiger partial charge >= 0.3 is 0 Å². The van der Waals surface area contributed by atoms with Gasteiger partial charge in [0.15, 0.2) is 0 Å². The van der Waals surface area contributed by atoms with Crippen LogP contribution in [0.15, 0.2) is 18.2 Å². The van der Waals surface area contributed by atoms with Crippen molar-refractivity contribution < 1.29 is 4.74 Å². The van der Waals surface area contributed by atoms with Gasteiger partial charge in [0.2, 0.25) is 0 Å². The van der Waals surface area contributed by atoms with Crippen LogP contribution in [-0.2, 0) is 4.74 Å². The summed E-state index contributed by atoms with van der Waals surface area (Å²) >= 11 is 6.63. The zero-order valence-electron chi connectivity index (χ0n) is 10.9. The summed E-state index contributed by atoms with van der Waals surface area (Å²) in [7, 11) is 0. The molecule has 3 atom stereocenters. The van der Waals surface area contributed by atoms with Gasteiger partial charge in [-0.25, -0.2) is 0 Å². The molecule has 17 heavy (non-hydrogen) atoms. The lowest BCUT2D eigenvalue weighted by atomic mass is 9.90. The fraction of sp³-hybridized carbons (Fsp3) is 0.600. The van der Waals surface area contributed by atoms with Gasteiger partial charge < -0.3 is 4.74 Å². The molecule has 1 aromatic carbocycles. The second-order valence-corrected chi connectivity index (χ2v) is 5.49. The third kappa shape index (κ3) is 2.66. The zero-order chi connectivity index (χ0) is 12.4. The summed E-state index contributed by atoms with van der Waals surface area (Å²) in [5.74, 6) is 0.462. The summed E-state index contributed by atoms with van der Waals surface area (Å²) in [5, 5.41) is 0.0850. The second kappa shape index (κ2) is 5.41. The molecule has 1 nitrogen and oxygen atoms in total. The normalized spacial score (nSPS) is 26.1. The van der Waals surface area contributed by atoms with Gasteiger partial charge in [0.05, 0.1) is 11.5 Å².